The van der Waals surface area contributed by atoms with Gasteiger partial charge in [0.2, 0.25) is 10.0 Å². The maximum atomic E-state index is 14.3. The molecule has 3 atom stereocenters. The molecule has 0 aromatic heterocycles. The molecule has 0 bridgehead atoms. The van der Waals surface area contributed by atoms with Crippen molar-refractivity contribution in [3.05, 3.63) is 48.3 Å². The Morgan fingerprint density at radius 3 is 2.69 bits per heavy atom. The lowest BCUT2D eigenvalue weighted by Crippen LogP contribution is -2.49. The number of aliphatic hydroxyl groups excluding tert-OH is 1. The molecule has 0 aliphatic carbocycles. The van der Waals surface area contributed by atoms with Gasteiger partial charge >= 0.3 is 0 Å². The molecular weight excluding hydrogens is 395 g/mol. The number of rotatable bonds is 5. The molecule has 0 saturated heterocycles. The Morgan fingerprint density at radius 2 is 2.03 bits per heavy atom. The summed E-state index contributed by atoms with van der Waals surface area (Å²) in [5.74, 6) is -0.332. The Balaban J connectivity index is 2.17. The minimum Gasteiger partial charge on any atom is -0.487 e. The molecular formula is C21H27FN2O4S. The SMILES string of the molecule is CNC[C@H]1Oc2cc(-c3ccccc3F)ccc2S(=O)(=O)N([C@@H](C)CO)C[C@H]1C. The summed E-state index contributed by atoms with van der Waals surface area (Å²) in [4.78, 5) is 0.0193. The molecule has 2 N–H and O–H groups in total. The quantitative estimate of drug-likeness (QED) is 0.774. The largest absolute Gasteiger partial charge is 0.487 e. The zero-order valence-electron chi connectivity index (χ0n) is 16.8. The summed E-state index contributed by atoms with van der Waals surface area (Å²) in [6, 6.07) is 10.4. The maximum absolute atomic E-state index is 14.3. The molecule has 2 aromatic rings. The second-order valence-electron chi connectivity index (χ2n) is 7.44. The molecule has 1 aliphatic heterocycles. The van der Waals surface area contributed by atoms with Gasteiger partial charge in [-0.25, -0.2) is 12.8 Å². The first-order valence-electron chi connectivity index (χ1n) is 9.62. The molecule has 29 heavy (non-hydrogen) atoms. The highest BCUT2D eigenvalue weighted by Gasteiger charge is 2.37. The molecule has 0 spiro atoms. The summed E-state index contributed by atoms with van der Waals surface area (Å²) in [7, 11) is -2.10. The summed E-state index contributed by atoms with van der Waals surface area (Å²) in [5.41, 5.74) is 0.910. The summed E-state index contributed by atoms with van der Waals surface area (Å²) < 4.78 is 48.4. The van der Waals surface area contributed by atoms with Crippen molar-refractivity contribution in [2.45, 2.75) is 30.9 Å². The van der Waals surface area contributed by atoms with Crippen LogP contribution in [-0.4, -0.2) is 56.7 Å². The third kappa shape index (κ3) is 4.30. The van der Waals surface area contributed by atoms with Gasteiger partial charge in [-0.15, -0.1) is 0 Å². The van der Waals surface area contributed by atoms with Crippen LogP contribution in [0.3, 0.4) is 0 Å². The molecule has 0 unspecified atom stereocenters. The normalized spacial score (nSPS) is 22.8. The van der Waals surface area contributed by atoms with Crippen LogP contribution in [0.1, 0.15) is 13.8 Å². The van der Waals surface area contributed by atoms with Gasteiger partial charge in [0.05, 0.1) is 6.61 Å². The maximum Gasteiger partial charge on any atom is 0.247 e. The van der Waals surface area contributed by atoms with Crippen molar-refractivity contribution in [3.63, 3.8) is 0 Å². The summed E-state index contributed by atoms with van der Waals surface area (Å²) >= 11 is 0. The molecule has 1 heterocycles. The van der Waals surface area contributed by atoms with E-state index in [0.717, 1.165) is 0 Å². The van der Waals surface area contributed by atoms with E-state index in [1.54, 1.807) is 44.3 Å². The monoisotopic (exact) mass is 422 g/mol. The van der Waals surface area contributed by atoms with Crippen molar-refractivity contribution in [1.29, 1.82) is 0 Å². The molecule has 1 aliphatic rings. The van der Waals surface area contributed by atoms with Gasteiger partial charge in [-0.2, -0.15) is 4.31 Å². The number of halogens is 1. The average molecular weight is 423 g/mol. The Kier molecular flexibility index (Phi) is 6.58. The van der Waals surface area contributed by atoms with E-state index < -0.39 is 21.9 Å². The second kappa shape index (κ2) is 8.79. The van der Waals surface area contributed by atoms with E-state index >= 15 is 0 Å². The van der Waals surface area contributed by atoms with Crippen molar-refractivity contribution in [2.75, 3.05) is 26.7 Å². The molecule has 0 amide bonds. The van der Waals surface area contributed by atoms with Crippen molar-refractivity contribution in [1.82, 2.24) is 9.62 Å². The molecule has 0 radical (unpaired) electrons. The first-order chi connectivity index (χ1) is 13.8. The molecule has 0 saturated carbocycles. The van der Waals surface area contributed by atoms with E-state index in [-0.39, 0.29) is 35.8 Å². The molecule has 8 heteroatoms. The fraction of sp³-hybridized carbons (Fsp3) is 0.429. The van der Waals surface area contributed by atoms with Crippen LogP contribution in [0.5, 0.6) is 5.75 Å². The summed E-state index contributed by atoms with van der Waals surface area (Å²) in [6.07, 6.45) is -0.293. The van der Waals surface area contributed by atoms with E-state index in [4.69, 9.17) is 4.74 Å². The Morgan fingerprint density at radius 1 is 1.31 bits per heavy atom. The number of nitrogens with one attached hydrogen (secondary N) is 1. The van der Waals surface area contributed by atoms with Gasteiger partial charge < -0.3 is 15.2 Å². The van der Waals surface area contributed by atoms with Crippen molar-refractivity contribution < 1.29 is 22.7 Å². The molecule has 158 valence electrons. The van der Waals surface area contributed by atoms with Gasteiger partial charge in [-0.05, 0) is 37.7 Å². The number of benzene rings is 2. The van der Waals surface area contributed by atoms with Crippen molar-refractivity contribution >= 4 is 10.0 Å². The third-order valence-corrected chi connectivity index (χ3v) is 7.28. The van der Waals surface area contributed by atoms with Crippen LogP contribution >= 0.6 is 0 Å². The number of hydrogen-bond acceptors (Lipinski definition) is 5. The summed E-state index contributed by atoms with van der Waals surface area (Å²) in [5, 5.41) is 12.7. The highest BCUT2D eigenvalue weighted by atomic mass is 32.2. The molecule has 2 aromatic carbocycles. The first-order valence-corrected chi connectivity index (χ1v) is 11.1. The van der Waals surface area contributed by atoms with Crippen LogP contribution in [0.25, 0.3) is 11.1 Å². The van der Waals surface area contributed by atoms with Crippen molar-refractivity contribution in [2.24, 2.45) is 5.92 Å². The van der Waals surface area contributed by atoms with Gasteiger partial charge in [-0.1, -0.05) is 31.2 Å². The van der Waals surface area contributed by atoms with Gasteiger partial charge in [0.25, 0.3) is 0 Å². The average Bonchev–Trinajstić information content (AvgIpc) is 2.70. The number of hydrogen-bond donors (Lipinski definition) is 2. The lowest BCUT2D eigenvalue weighted by atomic mass is 10.0. The zero-order chi connectivity index (χ0) is 21.2. The number of nitrogens with zero attached hydrogens (tertiary/aromatic N) is 1. The third-order valence-electron chi connectivity index (χ3n) is 5.26. The molecule has 0 fully saturated rings. The smallest absolute Gasteiger partial charge is 0.247 e. The van der Waals surface area contributed by atoms with Crippen molar-refractivity contribution in [3.8, 4) is 16.9 Å². The lowest BCUT2D eigenvalue weighted by Gasteiger charge is -2.36. The molecule has 6 nitrogen and oxygen atoms in total. The van der Waals surface area contributed by atoms with E-state index in [1.165, 1.54) is 16.4 Å². The van der Waals surface area contributed by atoms with E-state index in [9.17, 15) is 17.9 Å². The summed E-state index contributed by atoms with van der Waals surface area (Å²) in [6.45, 7) is 4.05. The van der Waals surface area contributed by atoms with Crippen LogP contribution in [-0.2, 0) is 10.0 Å². The fourth-order valence-electron chi connectivity index (χ4n) is 3.53. The predicted molar refractivity (Wildman–Crippen MR) is 110 cm³/mol. The number of fused-ring (bicyclic) bond motifs is 1. The fourth-order valence-corrected chi connectivity index (χ4v) is 5.36. The van der Waals surface area contributed by atoms with E-state index in [2.05, 4.69) is 5.32 Å². The minimum absolute atomic E-state index is 0.0193. The van der Waals surface area contributed by atoms with Gasteiger partial charge in [0, 0.05) is 30.6 Å². The van der Waals surface area contributed by atoms with Gasteiger partial charge in [0.1, 0.15) is 22.6 Å². The number of sulfonamides is 1. The van der Waals surface area contributed by atoms with E-state index in [0.29, 0.717) is 17.7 Å². The van der Waals surface area contributed by atoms with E-state index in [1.807, 2.05) is 6.92 Å². The van der Waals surface area contributed by atoms with Crippen LogP contribution in [0, 0.1) is 11.7 Å². The highest BCUT2D eigenvalue weighted by Crippen LogP contribution is 2.36. The van der Waals surface area contributed by atoms with Crippen LogP contribution in [0.4, 0.5) is 4.39 Å². The number of aliphatic hydroxyl groups is 1. The first kappa shape index (κ1) is 21.7. The Labute approximate surface area is 171 Å². The second-order valence-corrected chi connectivity index (χ2v) is 9.30. The number of ether oxygens (including phenoxy) is 1. The van der Waals surface area contributed by atoms with Crippen LogP contribution in [0.15, 0.2) is 47.4 Å². The van der Waals surface area contributed by atoms with Crippen LogP contribution < -0.4 is 10.1 Å². The predicted octanol–water partition coefficient (Wildman–Crippen LogP) is 2.48. The Hall–Kier alpha value is -2.00. The zero-order valence-corrected chi connectivity index (χ0v) is 17.6. The number of likely N-dealkylation sites (N-methyl/N-ethyl adjacent to an activating group) is 1. The van der Waals surface area contributed by atoms with Gasteiger partial charge in [0.15, 0.2) is 0 Å². The highest BCUT2D eigenvalue weighted by molar-refractivity contribution is 7.89. The topological polar surface area (TPSA) is 78.9 Å². The van der Waals surface area contributed by atoms with Gasteiger partial charge in [-0.3, -0.25) is 0 Å². The minimum atomic E-state index is -3.90. The Bertz CT molecular complexity index is 967. The lowest BCUT2D eigenvalue weighted by molar-refractivity contribution is 0.103. The van der Waals surface area contributed by atoms with Crippen LogP contribution in [0.2, 0.25) is 0 Å². The standard InChI is InChI=1S/C21H27FN2O4S/c1-14-12-24(15(2)13-25)29(26,27)21-9-8-16(17-6-4-5-7-18(17)22)10-19(21)28-20(14)11-23-3/h4-10,14-15,20,23,25H,11-13H2,1-3H3/t14-,15+,20-/m1/s1. The molecule has 3 rings (SSSR count).